The number of halogens is 2. The van der Waals surface area contributed by atoms with Gasteiger partial charge in [-0.15, -0.1) is 0 Å². The van der Waals surface area contributed by atoms with E-state index in [9.17, 15) is 0 Å². The van der Waals surface area contributed by atoms with Crippen LogP contribution in [0, 0.1) is 0 Å². The Morgan fingerprint density at radius 2 is 1.55 bits per heavy atom. The molecular formula is C15H13Br2N3. The smallest absolute Gasteiger partial charge is 0.0393 e. The second-order valence-corrected chi connectivity index (χ2v) is 6.57. The van der Waals surface area contributed by atoms with Gasteiger partial charge in [0, 0.05) is 25.8 Å². The second kappa shape index (κ2) is 6.44. The number of nitrogens with zero attached hydrogens (tertiary/aromatic N) is 3. The standard InChI is InChI=1S/C15H13Br2N3/c1-15(10-19-20-18,11-4-2-6-13(16)8-11)12-5-3-7-14(17)9-12/h2-9H,10H2,1H3. The highest BCUT2D eigenvalue weighted by Crippen LogP contribution is 2.35. The number of hydrogen-bond donors (Lipinski definition) is 0. The Balaban J connectivity index is 2.58. The molecule has 0 aromatic heterocycles. The fourth-order valence-electron chi connectivity index (χ4n) is 2.19. The zero-order valence-corrected chi connectivity index (χ0v) is 14.1. The molecule has 0 bridgehead atoms. The van der Waals surface area contributed by atoms with Crippen LogP contribution >= 0.6 is 31.9 Å². The van der Waals surface area contributed by atoms with Crippen molar-refractivity contribution in [3.63, 3.8) is 0 Å². The number of azide groups is 1. The first kappa shape index (κ1) is 15.1. The average Bonchev–Trinajstić information content (AvgIpc) is 2.45. The van der Waals surface area contributed by atoms with Gasteiger partial charge in [0.1, 0.15) is 0 Å². The van der Waals surface area contributed by atoms with E-state index in [1.807, 2.05) is 24.3 Å². The lowest BCUT2D eigenvalue weighted by atomic mass is 9.76. The van der Waals surface area contributed by atoms with E-state index in [2.05, 4.69) is 73.1 Å². The van der Waals surface area contributed by atoms with Crippen LogP contribution in [0.2, 0.25) is 0 Å². The van der Waals surface area contributed by atoms with Crippen LogP contribution in [-0.2, 0) is 5.41 Å². The molecule has 102 valence electrons. The van der Waals surface area contributed by atoms with Crippen LogP contribution in [0.1, 0.15) is 18.1 Å². The van der Waals surface area contributed by atoms with Crippen LogP contribution in [0.15, 0.2) is 62.6 Å². The van der Waals surface area contributed by atoms with E-state index in [4.69, 9.17) is 5.53 Å². The highest BCUT2D eigenvalue weighted by atomic mass is 79.9. The Kier molecular flexibility index (Phi) is 4.86. The van der Waals surface area contributed by atoms with Crippen molar-refractivity contribution in [1.82, 2.24) is 0 Å². The van der Waals surface area contributed by atoms with Gasteiger partial charge in [0.2, 0.25) is 0 Å². The van der Waals surface area contributed by atoms with Crippen LogP contribution in [0.25, 0.3) is 10.4 Å². The molecule has 0 radical (unpaired) electrons. The van der Waals surface area contributed by atoms with Gasteiger partial charge in [-0.05, 0) is 40.9 Å². The molecule has 3 nitrogen and oxygen atoms in total. The monoisotopic (exact) mass is 393 g/mol. The summed E-state index contributed by atoms with van der Waals surface area (Å²) >= 11 is 6.99. The first-order chi connectivity index (χ1) is 9.56. The highest BCUT2D eigenvalue weighted by Gasteiger charge is 2.28. The van der Waals surface area contributed by atoms with Crippen molar-refractivity contribution in [3.05, 3.63) is 79.0 Å². The molecule has 2 aromatic rings. The molecule has 0 N–H and O–H groups in total. The average molecular weight is 395 g/mol. The lowest BCUT2D eigenvalue weighted by molar-refractivity contribution is 0.582. The SMILES string of the molecule is CC(CN=[N+]=[N-])(c1cccc(Br)c1)c1cccc(Br)c1. The van der Waals surface area contributed by atoms with Gasteiger partial charge in [-0.3, -0.25) is 0 Å². The van der Waals surface area contributed by atoms with Crippen molar-refractivity contribution >= 4 is 31.9 Å². The van der Waals surface area contributed by atoms with Gasteiger partial charge in [0.25, 0.3) is 0 Å². The summed E-state index contributed by atoms with van der Waals surface area (Å²) in [6.45, 7) is 2.46. The molecule has 2 aromatic carbocycles. The van der Waals surface area contributed by atoms with Gasteiger partial charge in [-0.2, -0.15) is 0 Å². The molecule has 0 aliphatic carbocycles. The first-order valence-corrected chi connectivity index (χ1v) is 7.68. The Hall–Kier alpha value is -1.29. The van der Waals surface area contributed by atoms with Crippen molar-refractivity contribution in [2.24, 2.45) is 5.11 Å². The van der Waals surface area contributed by atoms with Gasteiger partial charge in [-0.1, -0.05) is 68.2 Å². The predicted octanol–water partition coefficient (Wildman–Crippen LogP) is 5.83. The maximum absolute atomic E-state index is 8.67. The normalized spacial score (nSPS) is 10.9. The molecule has 0 atom stereocenters. The number of rotatable bonds is 4. The maximum Gasteiger partial charge on any atom is 0.0393 e. The van der Waals surface area contributed by atoms with E-state index in [-0.39, 0.29) is 5.41 Å². The topological polar surface area (TPSA) is 48.8 Å². The molecular weight excluding hydrogens is 382 g/mol. The minimum absolute atomic E-state index is 0.361. The summed E-state index contributed by atoms with van der Waals surface area (Å²) in [4.78, 5) is 2.92. The van der Waals surface area contributed by atoms with Gasteiger partial charge in [0.15, 0.2) is 0 Å². The molecule has 0 spiro atoms. The van der Waals surface area contributed by atoms with Crippen LogP contribution in [0.3, 0.4) is 0 Å². The molecule has 20 heavy (non-hydrogen) atoms. The molecule has 0 aliphatic rings. The van der Waals surface area contributed by atoms with Crippen molar-refractivity contribution in [2.45, 2.75) is 12.3 Å². The first-order valence-electron chi connectivity index (χ1n) is 6.09. The largest absolute Gasteiger partial charge is 0.0927 e. The van der Waals surface area contributed by atoms with Crippen LogP contribution in [-0.4, -0.2) is 6.54 Å². The zero-order chi connectivity index (χ0) is 14.6. The van der Waals surface area contributed by atoms with Gasteiger partial charge in [-0.25, -0.2) is 0 Å². The Morgan fingerprint density at radius 3 is 1.95 bits per heavy atom. The van der Waals surface area contributed by atoms with E-state index in [0.717, 1.165) is 20.1 Å². The number of benzene rings is 2. The van der Waals surface area contributed by atoms with Crippen LogP contribution < -0.4 is 0 Å². The van der Waals surface area contributed by atoms with Gasteiger partial charge in [0.05, 0.1) is 0 Å². The fraction of sp³-hybridized carbons (Fsp3) is 0.200. The third kappa shape index (κ3) is 3.23. The van der Waals surface area contributed by atoms with E-state index < -0.39 is 0 Å². The Morgan fingerprint density at radius 1 is 1.05 bits per heavy atom. The molecule has 0 heterocycles. The van der Waals surface area contributed by atoms with Crippen molar-refractivity contribution < 1.29 is 0 Å². The van der Waals surface area contributed by atoms with Crippen molar-refractivity contribution in [3.8, 4) is 0 Å². The summed E-state index contributed by atoms with van der Waals surface area (Å²) < 4.78 is 2.02. The molecule has 0 amide bonds. The summed E-state index contributed by atoms with van der Waals surface area (Å²) in [5, 5.41) is 3.81. The highest BCUT2D eigenvalue weighted by molar-refractivity contribution is 9.10. The summed E-state index contributed by atoms with van der Waals surface area (Å²) in [5.41, 5.74) is 10.5. The van der Waals surface area contributed by atoms with Crippen LogP contribution in [0.5, 0.6) is 0 Å². The fourth-order valence-corrected chi connectivity index (χ4v) is 2.98. The lowest BCUT2D eigenvalue weighted by Crippen LogP contribution is -2.27. The summed E-state index contributed by atoms with van der Waals surface area (Å²) in [6, 6.07) is 16.2. The molecule has 0 fully saturated rings. The maximum atomic E-state index is 8.67. The van der Waals surface area contributed by atoms with Crippen LogP contribution in [0.4, 0.5) is 0 Å². The van der Waals surface area contributed by atoms with E-state index in [0.29, 0.717) is 6.54 Å². The van der Waals surface area contributed by atoms with Gasteiger partial charge < -0.3 is 0 Å². The quantitative estimate of drug-likeness (QED) is 0.356. The zero-order valence-electron chi connectivity index (χ0n) is 10.9. The lowest BCUT2D eigenvalue weighted by Gasteiger charge is -2.29. The summed E-state index contributed by atoms with van der Waals surface area (Å²) in [7, 11) is 0. The van der Waals surface area contributed by atoms with Gasteiger partial charge >= 0.3 is 0 Å². The molecule has 0 saturated heterocycles. The molecule has 0 aliphatic heterocycles. The minimum atomic E-state index is -0.361. The van der Waals surface area contributed by atoms with Crippen molar-refractivity contribution in [1.29, 1.82) is 0 Å². The predicted molar refractivity (Wildman–Crippen MR) is 88.8 cm³/mol. The molecule has 0 saturated carbocycles. The third-order valence-electron chi connectivity index (χ3n) is 3.37. The Labute approximate surface area is 134 Å². The minimum Gasteiger partial charge on any atom is -0.0927 e. The molecule has 2 rings (SSSR count). The van der Waals surface area contributed by atoms with E-state index in [1.165, 1.54) is 0 Å². The number of hydrogen-bond acceptors (Lipinski definition) is 1. The Bertz CT molecular complexity index is 618. The van der Waals surface area contributed by atoms with E-state index >= 15 is 0 Å². The second-order valence-electron chi connectivity index (χ2n) is 4.74. The summed E-state index contributed by atoms with van der Waals surface area (Å²) in [5.74, 6) is 0. The van der Waals surface area contributed by atoms with E-state index in [1.54, 1.807) is 0 Å². The third-order valence-corrected chi connectivity index (χ3v) is 4.36. The molecule has 0 unspecified atom stereocenters. The van der Waals surface area contributed by atoms with Crippen molar-refractivity contribution in [2.75, 3.05) is 6.54 Å². The summed E-state index contributed by atoms with van der Waals surface area (Å²) in [6.07, 6.45) is 0. The molecule has 5 heteroatoms.